The van der Waals surface area contributed by atoms with Crippen molar-refractivity contribution < 1.29 is 32.2 Å². The average molecular weight is 369 g/mol. The maximum absolute atomic E-state index is 13.4. The molecule has 2 atom stereocenters. The molecule has 0 aliphatic carbocycles. The van der Waals surface area contributed by atoms with E-state index in [0.29, 0.717) is 6.07 Å². The Morgan fingerprint density at radius 2 is 1.81 bits per heavy atom. The normalized spacial score (nSPS) is 20.2. The van der Waals surface area contributed by atoms with Crippen molar-refractivity contribution in [3.8, 4) is 11.1 Å². The van der Waals surface area contributed by atoms with E-state index >= 15 is 0 Å². The molecular weight excluding hydrogens is 354 g/mol. The molecule has 1 amide bonds. The minimum absolute atomic E-state index is 0.129. The van der Waals surface area contributed by atoms with Gasteiger partial charge < -0.3 is 15.2 Å². The number of ether oxygens (including phenoxy) is 1. The van der Waals surface area contributed by atoms with Crippen LogP contribution < -0.4 is 5.32 Å². The predicted molar refractivity (Wildman–Crippen MR) is 84.9 cm³/mol. The van der Waals surface area contributed by atoms with E-state index in [4.69, 9.17) is 4.74 Å². The highest BCUT2D eigenvalue weighted by molar-refractivity contribution is 5.95. The van der Waals surface area contributed by atoms with E-state index in [2.05, 4.69) is 5.32 Å². The Bertz CT molecular complexity index is 805. The van der Waals surface area contributed by atoms with E-state index in [0.717, 1.165) is 12.1 Å². The van der Waals surface area contributed by atoms with Gasteiger partial charge >= 0.3 is 6.18 Å². The van der Waals surface area contributed by atoms with Crippen molar-refractivity contribution in [2.75, 3.05) is 13.2 Å². The molecule has 0 saturated carbocycles. The van der Waals surface area contributed by atoms with Crippen LogP contribution in [-0.2, 0) is 10.9 Å². The summed E-state index contributed by atoms with van der Waals surface area (Å²) in [6.45, 7) is 0.312. The smallest absolute Gasteiger partial charge is 0.388 e. The van der Waals surface area contributed by atoms with E-state index in [1.165, 1.54) is 24.3 Å². The molecule has 4 nitrogen and oxygen atoms in total. The van der Waals surface area contributed by atoms with Crippen LogP contribution in [0.4, 0.5) is 17.6 Å². The Morgan fingerprint density at radius 1 is 1.12 bits per heavy atom. The van der Waals surface area contributed by atoms with Crippen LogP contribution in [0.1, 0.15) is 15.9 Å². The van der Waals surface area contributed by atoms with Crippen LogP contribution in [0.2, 0.25) is 0 Å². The number of hydrogen-bond acceptors (Lipinski definition) is 3. The Balaban J connectivity index is 1.84. The fraction of sp³-hybridized carbons (Fsp3) is 0.278. The molecule has 2 aromatic carbocycles. The fourth-order valence-electron chi connectivity index (χ4n) is 2.74. The number of alkyl halides is 3. The summed E-state index contributed by atoms with van der Waals surface area (Å²) in [4.78, 5) is 12.2. The second-order valence-corrected chi connectivity index (χ2v) is 5.95. The Kier molecular flexibility index (Phi) is 4.97. The highest BCUT2D eigenvalue weighted by atomic mass is 19.4. The summed E-state index contributed by atoms with van der Waals surface area (Å²) in [6, 6.07) is 7.04. The molecule has 1 heterocycles. The molecule has 1 aliphatic heterocycles. The predicted octanol–water partition coefficient (Wildman–Crippen LogP) is 3.00. The molecular formula is C18H15F4NO3. The Morgan fingerprint density at radius 3 is 2.38 bits per heavy atom. The second-order valence-electron chi connectivity index (χ2n) is 5.95. The monoisotopic (exact) mass is 369 g/mol. The van der Waals surface area contributed by atoms with Crippen LogP contribution in [0, 0.1) is 5.82 Å². The van der Waals surface area contributed by atoms with Crippen molar-refractivity contribution in [3.05, 3.63) is 59.4 Å². The van der Waals surface area contributed by atoms with Crippen molar-refractivity contribution in [3.63, 3.8) is 0 Å². The number of aliphatic hydroxyl groups excluding tert-OH is 1. The number of halogens is 4. The van der Waals surface area contributed by atoms with Gasteiger partial charge in [-0.1, -0.05) is 12.1 Å². The Labute approximate surface area is 146 Å². The van der Waals surface area contributed by atoms with Crippen LogP contribution in [0.5, 0.6) is 0 Å². The van der Waals surface area contributed by atoms with Crippen molar-refractivity contribution >= 4 is 5.91 Å². The number of carbonyl (C=O) groups excluding carboxylic acids is 1. The lowest BCUT2D eigenvalue weighted by atomic mass is 9.98. The summed E-state index contributed by atoms with van der Waals surface area (Å²) < 4.78 is 57.8. The summed E-state index contributed by atoms with van der Waals surface area (Å²) in [5.41, 5.74) is -0.915. The van der Waals surface area contributed by atoms with Gasteiger partial charge in [0.1, 0.15) is 5.82 Å². The maximum Gasteiger partial charge on any atom is 0.417 e. The van der Waals surface area contributed by atoms with Crippen LogP contribution in [0.3, 0.4) is 0 Å². The number of nitrogens with one attached hydrogen (secondary N) is 1. The molecule has 8 heteroatoms. The minimum Gasteiger partial charge on any atom is -0.388 e. The number of benzene rings is 2. The quantitative estimate of drug-likeness (QED) is 0.818. The van der Waals surface area contributed by atoms with Gasteiger partial charge in [0.25, 0.3) is 5.91 Å². The molecule has 1 saturated heterocycles. The topological polar surface area (TPSA) is 58.6 Å². The van der Waals surface area contributed by atoms with Crippen LogP contribution in [0.15, 0.2) is 42.5 Å². The third kappa shape index (κ3) is 3.86. The highest BCUT2D eigenvalue weighted by Crippen LogP contribution is 2.37. The summed E-state index contributed by atoms with van der Waals surface area (Å²) in [5.74, 6) is -1.27. The largest absolute Gasteiger partial charge is 0.417 e. The van der Waals surface area contributed by atoms with Gasteiger partial charge in [0.2, 0.25) is 0 Å². The van der Waals surface area contributed by atoms with E-state index in [1.54, 1.807) is 0 Å². The van der Waals surface area contributed by atoms with Gasteiger partial charge in [-0.15, -0.1) is 0 Å². The molecule has 0 spiro atoms. The molecule has 2 aromatic rings. The van der Waals surface area contributed by atoms with E-state index in [-0.39, 0.29) is 29.9 Å². The molecule has 138 valence electrons. The zero-order valence-corrected chi connectivity index (χ0v) is 13.4. The molecule has 0 aromatic heterocycles. The standard InChI is InChI=1S/C18H15F4NO3/c19-12-5-6-14(18(20,21)22)13(7-12)10-1-3-11(4-2-10)17(25)23-15-8-26-9-16(15)24/h1-7,15-16,24H,8-9H2,(H,23,25). The summed E-state index contributed by atoms with van der Waals surface area (Å²) in [7, 11) is 0. The molecule has 26 heavy (non-hydrogen) atoms. The third-order valence-corrected chi connectivity index (χ3v) is 4.11. The maximum atomic E-state index is 13.4. The van der Waals surface area contributed by atoms with Gasteiger partial charge in [-0.2, -0.15) is 13.2 Å². The van der Waals surface area contributed by atoms with Crippen LogP contribution in [0.25, 0.3) is 11.1 Å². The van der Waals surface area contributed by atoms with Crippen molar-refractivity contribution in [2.45, 2.75) is 18.3 Å². The SMILES string of the molecule is O=C(NC1COCC1O)c1ccc(-c2cc(F)ccc2C(F)(F)F)cc1. The van der Waals surface area contributed by atoms with Crippen LogP contribution in [-0.4, -0.2) is 36.4 Å². The van der Waals surface area contributed by atoms with E-state index in [9.17, 15) is 27.5 Å². The van der Waals surface area contributed by atoms with Crippen molar-refractivity contribution in [1.29, 1.82) is 0 Å². The lowest BCUT2D eigenvalue weighted by Crippen LogP contribution is -2.42. The summed E-state index contributed by atoms with van der Waals surface area (Å²) in [5, 5.41) is 12.2. The molecule has 1 fully saturated rings. The van der Waals surface area contributed by atoms with E-state index < -0.39 is 35.6 Å². The molecule has 2 N–H and O–H groups in total. The molecule has 1 aliphatic rings. The van der Waals surface area contributed by atoms with Gasteiger partial charge in [-0.25, -0.2) is 4.39 Å². The number of rotatable bonds is 3. The second kappa shape index (κ2) is 7.05. The van der Waals surface area contributed by atoms with Gasteiger partial charge in [-0.05, 0) is 41.5 Å². The summed E-state index contributed by atoms with van der Waals surface area (Å²) >= 11 is 0. The van der Waals surface area contributed by atoms with Crippen LogP contribution >= 0.6 is 0 Å². The highest BCUT2D eigenvalue weighted by Gasteiger charge is 2.34. The average Bonchev–Trinajstić information content (AvgIpc) is 2.98. The number of aliphatic hydroxyl groups is 1. The van der Waals surface area contributed by atoms with E-state index in [1.807, 2.05) is 0 Å². The zero-order valence-electron chi connectivity index (χ0n) is 13.4. The van der Waals surface area contributed by atoms with Gasteiger partial charge in [-0.3, -0.25) is 4.79 Å². The number of amides is 1. The molecule has 0 radical (unpaired) electrons. The number of hydrogen-bond donors (Lipinski definition) is 2. The lowest BCUT2D eigenvalue weighted by Gasteiger charge is -2.15. The van der Waals surface area contributed by atoms with Crippen molar-refractivity contribution in [1.82, 2.24) is 5.32 Å². The minimum atomic E-state index is -4.63. The third-order valence-electron chi connectivity index (χ3n) is 4.11. The Hall–Kier alpha value is -2.45. The fourth-order valence-corrected chi connectivity index (χ4v) is 2.74. The molecule has 0 bridgehead atoms. The number of carbonyl (C=O) groups is 1. The van der Waals surface area contributed by atoms with Crippen molar-refractivity contribution in [2.24, 2.45) is 0 Å². The zero-order chi connectivity index (χ0) is 18.9. The lowest BCUT2D eigenvalue weighted by molar-refractivity contribution is -0.137. The first kappa shape index (κ1) is 18.3. The first-order valence-corrected chi connectivity index (χ1v) is 7.79. The first-order valence-electron chi connectivity index (χ1n) is 7.79. The van der Waals surface area contributed by atoms with Gasteiger partial charge in [0.15, 0.2) is 0 Å². The molecule has 3 rings (SSSR count). The van der Waals surface area contributed by atoms with Gasteiger partial charge in [0.05, 0.1) is 30.9 Å². The first-order chi connectivity index (χ1) is 12.3. The molecule has 2 unspecified atom stereocenters. The van der Waals surface area contributed by atoms with Gasteiger partial charge in [0, 0.05) is 5.56 Å². The summed E-state index contributed by atoms with van der Waals surface area (Å²) in [6.07, 6.45) is -5.43.